The lowest BCUT2D eigenvalue weighted by Gasteiger charge is -2.31. The van der Waals surface area contributed by atoms with Crippen molar-refractivity contribution in [3.8, 4) is 11.5 Å². The van der Waals surface area contributed by atoms with Gasteiger partial charge in [-0.05, 0) is 24.3 Å². The monoisotopic (exact) mass is 475 g/mol. The van der Waals surface area contributed by atoms with Crippen LogP contribution >= 0.6 is 23.4 Å². The highest BCUT2D eigenvalue weighted by Crippen LogP contribution is 2.34. The second-order valence-corrected chi connectivity index (χ2v) is 8.08. The molecule has 0 aliphatic carbocycles. The molecule has 0 bridgehead atoms. The third-order valence-corrected chi connectivity index (χ3v) is 5.77. The number of amides is 1. The van der Waals surface area contributed by atoms with Crippen LogP contribution in [0.4, 0.5) is 17.1 Å². The number of carbonyl (C=O) groups is 1. The first kappa shape index (κ1) is 22.1. The summed E-state index contributed by atoms with van der Waals surface area (Å²) in [6.45, 7) is 2.58. The van der Waals surface area contributed by atoms with Crippen molar-refractivity contribution in [3.63, 3.8) is 0 Å². The summed E-state index contributed by atoms with van der Waals surface area (Å²) in [5, 5.41) is 22.3. The fraction of sp³-hybridized carbons (Fsp3) is 0.250. The fourth-order valence-corrected chi connectivity index (χ4v) is 4.01. The first-order valence-corrected chi connectivity index (χ1v) is 11.0. The molecule has 32 heavy (non-hydrogen) atoms. The number of nitro groups is 1. The molecule has 1 amide bonds. The molecule has 0 atom stereocenters. The van der Waals surface area contributed by atoms with Crippen molar-refractivity contribution in [2.75, 3.05) is 42.3 Å². The summed E-state index contributed by atoms with van der Waals surface area (Å²) in [6.07, 6.45) is 0. The largest absolute Gasteiger partial charge is 0.411 e. The first-order valence-electron chi connectivity index (χ1n) is 9.63. The summed E-state index contributed by atoms with van der Waals surface area (Å²) in [4.78, 5) is 24.9. The normalized spacial score (nSPS) is 13.7. The number of anilines is 2. The molecular formula is C20H18ClN5O5S. The molecule has 4 rings (SSSR count). The van der Waals surface area contributed by atoms with Gasteiger partial charge in [0.15, 0.2) is 0 Å². The summed E-state index contributed by atoms with van der Waals surface area (Å²) < 4.78 is 10.9. The molecule has 10 nitrogen and oxygen atoms in total. The Balaban J connectivity index is 1.38. The van der Waals surface area contributed by atoms with Gasteiger partial charge in [-0.2, -0.15) is 0 Å². The Labute approximate surface area is 192 Å². The molecule has 166 valence electrons. The number of hydrogen-bond donors (Lipinski definition) is 1. The van der Waals surface area contributed by atoms with Crippen LogP contribution in [0.3, 0.4) is 0 Å². The highest BCUT2D eigenvalue weighted by Gasteiger charge is 2.19. The van der Waals surface area contributed by atoms with Gasteiger partial charge in [0, 0.05) is 30.8 Å². The van der Waals surface area contributed by atoms with Gasteiger partial charge in [-0.3, -0.25) is 14.9 Å². The molecule has 1 aliphatic heterocycles. The molecule has 3 aromatic rings. The van der Waals surface area contributed by atoms with E-state index in [4.69, 9.17) is 20.8 Å². The molecule has 1 saturated heterocycles. The summed E-state index contributed by atoms with van der Waals surface area (Å²) in [5.74, 6) is 0.0193. The minimum atomic E-state index is -0.484. The van der Waals surface area contributed by atoms with Crippen LogP contribution < -0.4 is 10.2 Å². The van der Waals surface area contributed by atoms with E-state index in [2.05, 4.69) is 20.4 Å². The number of aromatic nitrogens is 2. The Morgan fingerprint density at radius 2 is 1.94 bits per heavy atom. The first-order chi connectivity index (χ1) is 15.5. The molecule has 0 spiro atoms. The SMILES string of the molecule is O=C(CSc1nnc(-c2ccc([N+](=O)[O-])cc2)o1)Nc1cccc(Cl)c1N1CCOCC1. The van der Waals surface area contributed by atoms with E-state index in [9.17, 15) is 14.9 Å². The second kappa shape index (κ2) is 9.98. The molecule has 0 saturated carbocycles. The van der Waals surface area contributed by atoms with Crippen LogP contribution in [0.15, 0.2) is 52.1 Å². The molecule has 1 aliphatic rings. The number of carbonyl (C=O) groups excluding carboxylic acids is 1. The van der Waals surface area contributed by atoms with Crippen LogP contribution in [0, 0.1) is 10.1 Å². The fourth-order valence-electron chi connectivity index (χ4n) is 3.15. The maximum Gasteiger partial charge on any atom is 0.277 e. The van der Waals surface area contributed by atoms with Crippen molar-refractivity contribution in [1.29, 1.82) is 0 Å². The van der Waals surface area contributed by atoms with Gasteiger partial charge in [-0.25, -0.2) is 0 Å². The summed E-state index contributed by atoms with van der Waals surface area (Å²) in [5.41, 5.74) is 1.92. The lowest BCUT2D eigenvalue weighted by atomic mass is 10.2. The Hall–Kier alpha value is -3.15. The number of non-ortho nitro benzene ring substituents is 1. The van der Waals surface area contributed by atoms with E-state index in [0.717, 1.165) is 17.4 Å². The van der Waals surface area contributed by atoms with Crippen LogP contribution in [-0.4, -0.2) is 53.1 Å². The molecule has 2 heterocycles. The zero-order chi connectivity index (χ0) is 22.5. The average Bonchev–Trinajstić information content (AvgIpc) is 3.28. The maximum absolute atomic E-state index is 12.5. The Bertz CT molecular complexity index is 1120. The van der Waals surface area contributed by atoms with Crippen molar-refractivity contribution in [2.45, 2.75) is 5.22 Å². The van der Waals surface area contributed by atoms with Gasteiger partial charge >= 0.3 is 0 Å². The van der Waals surface area contributed by atoms with E-state index in [1.54, 1.807) is 18.2 Å². The van der Waals surface area contributed by atoms with Gasteiger partial charge in [0.05, 0.1) is 40.3 Å². The van der Waals surface area contributed by atoms with Crippen molar-refractivity contribution in [2.24, 2.45) is 0 Å². The number of halogens is 1. The third kappa shape index (κ3) is 5.18. The summed E-state index contributed by atoms with van der Waals surface area (Å²) >= 11 is 7.49. The van der Waals surface area contributed by atoms with E-state index < -0.39 is 4.92 Å². The Morgan fingerprint density at radius 3 is 2.66 bits per heavy atom. The van der Waals surface area contributed by atoms with Crippen LogP contribution in [0.1, 0.15) is 0 Å². The molecule has 2 aromatic carbocycles. The molecule has 1 aromatic heterocycles. The second-order valence-electron chi connectivity index (χ2n) is 6.75. The van der Waals surface area contributed by atoms with Crippen molar-refractivity contribution in [3.05, 3.63) is 57.6 Å². The highest BCUT2D eigenvalue weighted by atomic mass is 35.5. The number of nitro benzene ring substituents is 1. The van der Waals surface area contributed by atoms with E-state index in [1.165, 1.54) is 24.3 Å². The van der Waals surface area contributed by atoms with Crippen molar-refractivity contribution in [1.82, 2.24) is 10.2 Å². The summed E-state index contributed by atoms with van der Waals surface area (Å²) in [6, 6.07) is 11.1. The topological polar surface area (TPSA) is 124 Å². The van der Waals surface area contributed by atoms with Gasteiger partial charge in [-0.15, -0.1) is 10.2 Å². The van der Waals surface area contributed by atoms with Gasteiger partial charge in [0.1, 0.15) is 0 Å². The third-order valence-electron chi connectivity index (χ3n) is 4.65. The standard InChI is InChI=1S/C20H18ClN5O5S/c21-15-2-1-3-16(18(15)25-8-10-30-11-9-25)22-17(27)12-32-20-24-23-19(31-20)13-4-6-14(7-5-13)26(28)29/h1-7H,8-12H2,(H,22,27). The van der Waals surface area contributed by atoms with Gasteiger partial charge in [0.25, 0.3) is 10.9 Å². The van der Waals surface area contributed by atoms with E-state index in [-0.39, 0.29) is 28.5 Å². The molecule has 0 radical (unpaired) electrons. The minimum Gasteiger partial charge on any atom is -0.411 e. The zero-order valence-electron chi connectivity index (χ0n) is 16.7. The van der Waals surface area contributed by atoms with E-state index >= 15 is 0 Å². The van der Waals surface area contributed by atoms with Crippen LogP contribution in [0.25, 0.3) is 11.5 Å². The Kier molecular flexibility index (Phi) is 6.88. The number of benzene rings is 2. The number of thioether (sulfide) groups is 1. The number of morpholine rings is 1. The van der Waals surface area contributed by atoms with Gasteiger partial charge in [-0.1, -0.05) is 29.4 Å². The lowest BCUT2D eigenvalue weighted by molar-refractivity contribution is -0.384. The van der Waals surface area contributed by atoms with Crippen LogP contribution in [0.5, 0.6) is 0 Å². The van der Waals surface area contributed by atoms with Gasteiger partial charge < -0.3 is 19.4 Å². The van der Waals surface area contributed by atoms with Crippen LogP contribution in [-0.2, 0) is 9.53 Å². The number of hydrogen-bond acceptors (Lipinski definition) is 9. The smallest absolute Gasteiger partial charge is 0.277 e. The minimum absolute atomic E-state index is 0.0306. The molecule has 1 N–H and O–H groups in total. The summed E-state index contributed by atoms with van der Waals surface area (Å²) in [7, 11) is 0. The number of nitrogens with zero attached hydrogens (tertiary/aromatic N) is 4. The maximum atomic E-state index is 12.5. The van der Waals surface area contributed by atoms with Crippen LogP contribution in [0.2, 0.25) is 5.02 Å². The number of para-hydroxylation sites is 1. The predicted octanol–water partition coefficient (Wildman–Crippen LogP) is 3.87. The Morgan fingerprint density at radius 1 is 1.19 bits per heavy atom. The predicted molar refractivity (Wildman–Crippen MR) is 120 cm³/mol. The highest BCUT2D eigenvalue weighted by molar-refractivity contribution is 7.99. The zero-order valence-corrected chi connectivity index (χ0v) is 18.3. The molecule has 0 unspecified atom stereocenters. The molecular weight excluding hydrogens is 458 g/mol. The number of nitrogens with one attached hydrogen (secondary N) is 1. The number of rotatable bonds is 7. The average molecular weight is 476 g/mol. The van der Waals surface area contributed by atoms with Gasteiger partial charge in [0.2, 0.25) is 11.8 Å². The van der Waals surface area contributed by atoms with Crippen molar-refractivity contribution < 1.29 is 18.9 Å². The quantitative estimate of drug-likeness (QED) is 0.308. The van der Waals surface area contributed by atoms with E-state index in [0.29, 0.717) is 42.6 Å². The molecule has 12 heteroatoms. The molecule has 1 fully saturated rings. The van der Waals surface area contributed by atoms with Crippen molar-refractivity contribution >= 4 is 46.3 Å². The number of ether oxygens (including phenoxy) is 1. The lowest BCUT2D eigenvalue weighted by Crippen LogP contribution is -2.37. The van der Waals surface area contributed by atoms with E-state index in [1.807, 2.05) is 0 Å².